The van der Waals surface area contributed by atoms with Crippen LogP contribution >= 0.6 is 34.2 Å². The molecule has 8 rings (SSSR count). The molecule has 0 radical (unpaired) electrons. The standard InChI is InChI=1S/C30H17IN2S/c31-33-23-16-8-5-13-20(23)25-26-21-14-6-9-17-24(21)34-30(26)27-19-12-4-7-15-22(19)32(28(27)29(25)33)18-10-2-1-3-11-18/h1-17H. The second-order valence-corrected chi connectivity index (χ2v) is 10.8. The number of benzene rings is 5. The first-order valence-electron chi connectivity index (χ1n) is 11.3. The normalized spacial score (nSPS) is 12.3. The molecule has 0 saturated heterocycles. The van der Waals surface area contributed by atoms with Gasteiger partial charge in [0.1, 0.15) is 0 Å². The molecule has 160 valence electrons. The van der Waals surface area contributed by atoms with Gasteiger partial charge in [-0.1, -0.05) is 72.8 Å². The Morgan fingerprint density at radius 3 is 1.94 bits per heavy atom. The third-order valence-electron chi connectivity index (χ3n) is 7.00. The van der Waals surface area contributed by atoms with Crippen LogP contribution < -0.4 is 0 Å². The molecule has 3 aromatic heterocycles. The summed E-state index contributed by atoms with van der Waals surface area (Å²) >= 11 is 4.42. The SMILES string of the molecule is In1c2ccccc2c2c3c4ccccc4sc3c3c4ccccc4n(-c4ccccc4)c3c21. The molecule has 3 heterocycles. The van der Waals surface area contributed by atoms with Gasteiger partial charge in [-0.15, -0.1) is 11.3 Å². The minimum Gasteiger partial charge on any atom is -0.307 e. The average Bonchev–Trinajstić information content (AvgIpc) is 3.53. The first-order valence-corrected chi connectivity index (χ1v) is 13.1. The summed E-state index contributed by atoms with van der Waals surface area (Å²) in [5.74, 6) is 0. The highest BCUT2D eigenvalue weighted by Gasteiger charge is 2.25. The molecule has 0 fully saturated rings. The van der Waals surface area contributed by atoms with Crippen LogP contribution in [0.25, 0.3) is 69.5 Å². The number of hydrogen-bond donors (Lipinski definition) is 0. The minimum absolute atomic E-state index is 1.19. The summed E-state index contributed by atoms with van der Waals surface area (Å²) < 4.78 is 7.55. The van der Waals surface area contributed by atoms with Crippen LogP contribution in [0.3, 0.4) is 0 Å². The van der Waals surface area contributed by atoms with Gasteiger partial charge in [0.2, 0.25) is 0 Å². The molecular formula is C30H17IN2S. The van der Waals surface area contributed by atoms with Crippen molar-refractivity contribution < 1.29 is 0 Å². The number of hydrogen-bond acceptors (Lipinski definition) is 1. The van der Waals surface area contributed by atoms with Crippen molar-refractivity contribution in [2.75, 3.05) is 0 Å². The Hall–Kier alpha value is -3.35. The van der Waals surface area contributed by atoms with E-state index in [0.29, 0.717) is 0 Å². The maximum atomic E-state index is 2.50. The highest BCUT2D eigenvalue weighted by Crippen LogP contribution is 2.50. The van der Waals surface area contributed by atoms with Gasteiger partial charge in [0.15, 0.2) is 0 Å². The van der Waals surface area contributed by atoms with Crippen LogP contribution in [0, 0.1) is 0 Å². The summed E-state index contributed by atoms with van der Waals surface area (Å²) in [5, 5.41) is 8.05. The van der Waals surface area contributed by atoms with Crippen LogP contribution in [0.2, 0.25) is 0 Å². The molecule has 34 heavy (non-hydrogen) atoms. The largest absolute Gasteiger partial charge is 0.307 e. The van der Waals surface area contributed by atoms with Crippen molar-refractivity contribution in [1.29, 1.82) is 0 Å². The van der Waals surface area contributed by atoms with Crippen LogP contribution in [0.1, 0.15) is 0 Å². The van der Waals surface area contributed by atoms with E-state index < -0.39 is 0 Å². The van der Waals surface area contributed by atoms with Gasteiger partial charge in [-0.05, 0) is 30.3 Å². The summed E-state index contributed by atoms with van der Waals surface area (Å²) in [6, 6.07) is 37.3. The van der Waals surface area contributed by atoms with E-state index in [1.165, 1.54) is 69.5 Å². The first-order chi connectivity index (χ1) is 16.8. The number of nitrogens with zero attached hydrogens (tertiary/aromatic N) is 2. The molecule has 2 nitrogen and oxygen atoms in total. The van der Waals surface area contributed by atoms with E-state index in [1.54, 1.807) is 0 Å². The lowest BCUT2D eigenvalue weighted by molar-refractivity contribution is 1.18. The number of para-hydroxylation sites is 3. The lowest BCUT2D eigenvalue weighted by Crippen LogP contribution is -1.95. The fourth-order valence-electron chi connectivity index (χ4n) is 5.68. The van der Waals surface area contributed by atoms with Gasteiger partial charge < -0.3 is 4.57 Å². The third-order valence-corrected chi connectivity index (χ3v) is 9.19. The summed E-state index contributed by atoms with van der Waals surface area (Å²) in [6.45, 7) is 0. The fraction of sp³-hybridized carbons (Fsp3) is 0. The summed E-state index contributed by atoms with van der Waals surface area (Å²) in [7, 11) is 0. The lowest BCUT2D eigenvalue weighted by Gasteiger charge is -2.10. The Bertz CT molecular complexity index is 2080. The molecule has 0 unspecified atom stereocenters. The second-order valence-electron chi connectivity index (χ2n) is 8.74. The Morgan fingerprint density at radius 2 is 1.15 bits per heavy atom. The number of aromatic nitrogens is 2. The Morgan fingerprint density at radius 1 is 0.529 bits per heavy atom. The maximum Gasteiger partial charge on any atom is 0.0844 e. The van der Waals surface area contributed by atoms with Crippen molar-refractivity contribution in [1.82, 2.24) is 7.35 Å². The molecule has 0 bridgehead atoms. The summed E-state index contributed by atoms with van der Waals surface area (Å²) in [4.78, 5) is 0. The van der Waals surface area contributed by atoms with Crippen molar-refractivity contribution >= 4 is 98.0 Å². The predicted octanol–water partition coefficient (Wildman–Crippen LogP) is 9.46. The Labute approximate surface area is 213 Å². The van der Waals surface area contributed by atoms with E-state index in [1.807, 2.05) is 11.3 Å². The van der Waals surface area contributed by atoms with Crippen LogP contribution in [0.5, 0.6) is 0 Å². The molecule has 0 spiro atoms. The van der Waals surface area contributed by atoms with Crippen LogP contribution in [0.15, 0.2) is 103 Å². The van der Waals surface area contributed by atoms with E-state index in [-0.39, 0.29) is 0 Å². The van der Waals surface area contributed by atoms with Crippen molar-refractivity contribution in [2.45, 2.75) is 0 Å². The van der Waals surface area contributed by atoms with Gasteiger partial charge in [-0.3, -0.25) is 2.78 Å². The highest BCUT2D eigenvalue weighted by atomic mass is 127. The molecule has 0 aliphatic rings. The molecule has 0 atom stereocenters. The maximum absolute atomic E-state index is 2.50. The highest BCUT2D eigenvalue weighted by molar-refractivity contribution is 14.1. The molecule has 0 saturated carbocycles. The van der Waals surface area contributed by atoms with Crippen molar-refractivity contribution in [3.05, 3.63) is 103 Å². The van der Waals surface area contributed by atoms with Crippen LogP contribution in [-0.4, -0.2) is 7.35 Å². The zero-order chi connectivity index (χ0) is 22.4. The monoisotopic (exact) mass is 564 g/mol. The van der Waals surface area contributed by atoms with Crippen molar-refractivity contribution in [3.63, 3.8) is 0 Å². The number of thiophene rings is 1. The number of halogens is 1. The minimum atomic E-state index is 1.19. The average molecular weight is 564 g/mol. The zero-order valence-electron chi connectivity index (χ0n) is 18.0. The van der Waals surface area contributed by atoms with Gasteiger partial charge in [-0.2, -0.15) is 0 Å². The molecule has 0 aliphatic carbocycles. The van der Waals surface area contributed by atoms with E-state index in [0.717, 1.165) is 0 Å². The number of rotatable bonds is 1. The van der Waals surface area contributed by atoms with Crippen LogP contribution in [-0.2, 0) is 0 Å². The number of fused-ring (bicyclic) bond motifs is 12. The van der Waals surface area contributed by atoms with E-state index >= 15 is 0 Å². The molecular weight excluding hydrogens is 547 g/mol. The Balaban J connectivity index is 1.82. The van der Waals surface area contributed by atoms with Crippen LogP contribution in [0.4, 0.5) is 0 Å². The van der Waals surface area contributed by atoms with Gasteiger partial charge in [-0.25, -0.2) is 0 Å². The van der Waals surface area contributed by atoms with Gasteiger partial charge >= 0.3 is 0 Å². The van der Waals surface area contributed by atoms with E-state index in [9.17, 15) is 0 Å². The first kappa shape index (κ1) is 19.0. The molecule has 0 amide bonds. The Kier molecular flexibility index (Phi) is 3.82. The third kappa shape index (κ3) is 2.30. The predicted molar refractivity (Wildman–Crippen MR) is 156 cm³/mol. The van der Waals surface area contributed by atoms with E-state index in [2.05, 4.69) is 133 Å². The van der Waals surface area contributed by atoms with Gasteiger partial charge in [0.05, 0.1) is 44.9 Å². The van der Waals surface area contributed by atoms with Crippen molar-refractivity contribution in [3.8, 4) is 5.69 Å². The molecule has 0 aliphatic heterocycles. The molecule has 8 aromatic rings. The van der Waals surface area contributed by atoms with Gasteiger partial charge in [0, 0.05) is 47.4 Å². The quantitative estimate of drug-likeness (QED) is 0.176. The topological polar surface area (TPSA) is 9.86 Å². The molecule has 0 N–H and O–H groups in total. The lowest BCUT2D eigenvalue weighted by atomic mass is 10.0. The zero-order valence-corrected chi connectivity index (χ0v) is 21.0. The molecule has 4 heteroatoms. The van der Waals surface area contributed by atoms with E-state index in [4.69, 9.17) is 0 Å². The van der Waals surface area contributed by atoms with Crippen molar-refractivity contribution in [2.24, 2.45) is 0 Å². The summed E-state index contributed by atoms with van der Waals surface area (Å²) in [5.41, 5.74) is 6.26. The van der Waals surface area contributed by atoms with Gasteiger partial charge in [0.25, 0.3) is 0 Å². The fourth-order valence-corrected chi connectivity index (χ4v) is 7.84. The molecule has 5 aromatic carbocycles. The smallest absolute Gasteiger partial charge is 0.0844 e. The second kappa shape index (κ2) is 6.84. The summed E-state index contributed by atoms with van der Waals surface area (Å²) in [6.07, 6.45) is 0.